The van der Waals surface area contributed by atoms with E-state index in [2.05, 4.69) is 0 Å². The number of hydrogen-bond donors (Lipinski definition) is 0. The van der Waals surface area contributed by atoms with Crippen LogP contribution in [0.2, 0.25) is 0 Å². The van der Waals surface area contributed by atoms with Gasteiger partial charge in [-0.1, -0.05) is 49.4 Å². The fourth-order valence-corrected chi connectivity index (χ4v) is 6.55. The van der Waals surface area contributed by atoms with Gasteiger partial charge in [-0.05, 0) is 47.0 Å². The summed E-state index contributed by atoms with van der Waals surface area (Å²) in [5.74, 6) is 0. The first-order chi connectivity index (χ1) is 14.3. The minimum atomic E-state index is -3.68. The molecule has 0 aromatic heterocycles. The summed E-state index contributed by atoms with van der Waals surface area (Å²) < 4.78 is 54.7. The lowest BCUT2D eigenvalue weighted by Gasteiger charge is -2.33. The molecular weight excluding hydrogens is 420 g/mol. The number of fused-ring (bicyclic) bond motifs is 1. The van der Waals surface area contributed by atoms with Gasteiger partial charge in [0.05, 0.1) is 9.79 Å². The van der Waals surface area contributed by atoms with Crippen LogP contribution < -0.4 is 0 Å². The van der Waals surface area contributed by atoms with Crippen LogP contribution in [-0.2, 0) is 26.5 Å². The van der Waals surface area contributed by atoms with Crippen molar-refractivity contribution in [3.05, 3.63) is 72.3 Å². The molecule has 158 valence electrons. The molecule has 8 heteroatoms. The molecule has 1 heterocycles. The molecule has 0 N–H and O–H groups in total. The van der Waals surface area contributed by atoms with E-state index < -0.39 is 20.0 Å². The Morgan fingerprint density at radius 2 is 1.17 bits per heavy atom. The van der Waals surface area contributed by atoms with Crippen molar-refractivity contribution in [3.63, 3.8) is 0 Å². The molecule has 0 saturated carbocycles. The van der Waals surface area contributed by atoms with Crippen LogP contribution in [0.15, 0.2) is 76.5 Å². The van der Waals surface area contributed by atoms with Crippen molar-refractivity contribution in [1.82, 2.24) is 8.61 Å². The Labute approximate surface area is 177 Å². The molecule has 3 aromatic carbocycles. The summed E-state index contributed by atoms with van der Waals surface area (Å²) >= 11 is 0. The molecular formula is C22H24N2O4S2. The maximum absolute atomic E-state index is 13.1. The lowest BCUT2D eigenvalue weighted by molar-refractivity contribution is 0.273. The molecule has 0 unspecified atom stereocenters. The fraction of sp³-hybridized carbons (Fsp3) is 0.273. The first-order valence-corrected chi connectivity index (χ1v) is 12.8. The zero-order chi connectivity index (χ0) is 21.4. The van der Waals surface area contributed by atoms with E-state index in [0.717, 1.165) is 22.8 Å². The third-order valence-electron chi connectivity index (χ3n) is 5.53. The first kappa shape index (κ1) is 21.0. The molecule has 1 fully saturated rings. The van der Waals surface area contributed by atoms with Crippen LogP contribution in [0, 0.1) is 0 Å². The number of piperazine rings is 1. The standard InChI is InChI=1S/C22H24N2O4S2/c1-2-18-7-10-21(11-8-18)29(25,26)23-13-15-24(16-14-23)30(27,28)22-12-9-19-5-3-4-6-20(19)17-22/h3-12,17H,2,13-16H2,1H3. The second-order valence-corrected chi connectivity index (χ2v) is 11.2. The highest BCUT2D eigenvalue weighted by Gasteiger charge is 2.33. The van der Waals surface area contributed by atoms with E-state index in [1.807, 2.05) is 43.3 Å². The zero-order valence-electron chi connectivity index (χ0n) is 16.7. The van der Waals surface area contributed by atoms with Gasteiger partial charge in [0.2, 0.25) is 20.0 Å². The molecule has 3 aromatic rings. The van der Waals surface area contributed by atoms with E-state index >= 15 is 0 Å². The van der Waals surface area contributed by atoms with Gasteiger partial charge >= 0.3 is 0 Å². The van der Waals surface area contributed by atoms with Crippen LogP contribution in [0.25, 0.3) is 10.8 Å². The highest BCUT2D eigenvalue weighted by atomic mass is 32.2. The Kier molecular flexibility index (Phi) is 5.67. The number of hydrogen-bond acceptors (Lipinski definition) is 4. The Bertz CT molecular complexity index is 1260. The lowest BCUT2D eigenvalue weighted by Crippen LogP contribution is -2.50. The average Bonchev–Trinajstić information content (AvgIpc) is 2.78. The molecule has 4 rings (SSSR count). The monoisotopic (exact) mass is 444 g/mol. The van der Waals surface area contributed by atoms with E-state index in [1.165, 1.54) is 8.61 Å². The molecule has 0 aliphatic carbocycles. The van der Waals surface area contributed by atoms with Crippen LogP contribution in [0.4, 0.5) is 0 Å². The Morgan fingerprint density at radius 1 is 0.667 bits per heavy atom. The predicted molar refractivity (Wildman–Crippen MR) is 117 cm³/mol. The van der Waals surface area contributed by atoms with Gasteiger partial charge in [0.1, 0.15) is 0 Å². The van der Waals surface area contributed by atoms with Crippen molar-refractivity contribution < 1.29 is 16.8 Å². The van der Waals surface area contributed by atoms with E-state index in [9.17, 15) is 16.8 Å². The van der Waals surface area contributed by atoms with Gasteiger partial charge < -0.3 is 0 Å². The Hall–Kier alpha value is -2.26. The van der Waals surface area contributed by atoms with Crippen molar-refractivity contribution >= 4 is 30.8 Å². The topological polar surface area (TPSA) is 74.8 Å². The van der Waals surface area contributed by atoms with Crippen molar-refractivity contribution in [1.29, 1.82) is 0 Å². The van der Waals surface area contributed by atoms with Crippen LogP contribution in [0.3, 0.4) is 0 Å². The van der Waals surface area contributed by atoms with Crippen molar-refractivity contribution in [2.24, 2.45) is 0 Å². The van der Waals surface area contributed by atoms with Gasteiger partial charge in [0.25, 0.3) is 0 Å². The third-order valence-corrected chi connectivity index (χ3v) is 9.33. The van der Waals surface area contributed by atoms with E-state index in [4.69, 9.17) is 0 Å². The second-order valence-electron chi connectivity index (χ2n) is 7.31. The van der Waals surface area contributed by atoms with Gasteiger partial charge in [-0.2, -0.15) is 8.61 Å². The van der Waals surface area contributed by atoms with Gasteiger partial charge in [-0.25, -0.2) is 16.8 Å². The highest BCUT2D eigenvalue weighted by Crippen LogP contribution is 2.24. The number of aryl methyl sites for hydroxylation is 1. The zero-order valence-corrected chi connectivity index (χ0v) is 18.4. The summed E-state index contributed by atoms with van der Waals surface area (Å²) in [5, 5.41) is 1.83. The summed E-state index contributed by atoms with van der Waals surface area (Å²) in [7, 11) is -7.32. The third kappa shape index (κ3) is 3.88. The smallest absolute Gasteiger partial charge is 0.207 e. The minimum absolute atomic E-state index is 0.126. The van der Waals surface area contributed by atoms with Crippen molar-refractivity contribution in [3.8, 4) is 0 Å². The molecule has 0 bridgehead atoms. The Morgan fingerprint density at radius 3 is 1.73 bits per heavy atom. The summed E-state index contributed by atoms with van der Waals surface area (Å²) in [6.07, 6.45) is 0.839. The van der Waals surface area contributed by atoms with Crippen molar-refractivity contribution in [2.75, 3.05) is 26.2 Å². The number of rotatable bonds is 5. The SMILES string of the molecule is CCc1ccc(S(=O)(=O)N2CCN(S(=O)(=O)c3ccc4ccccc4c3)CC2)cc1. The quantitative estimate of drug-likeness (QED) is 0.606. The molecule has 0 atom stereocenters. The number of benzene rings is 3. The van der Waals surface area contributed by atoms with Gasteiger partial charge in [0.15, 0.2) is 0 Å². The van der Waals surface area contributed by atoms with Crippen LogP contribution in [0.5, 0.6) is 0 Å². The number of nitrogens with zero attached hydrogens (tertiary/aromatic N) is 2. The maximum atomic E-state index is 13.1. The van der Waals surface area contributed by atoms with E-state index in [-0.39, 0.29) is 36.0 Å². The Balaban J connectivity index is 1.51. The van der Waals surface area contributed by atoms with Crippen LogP contribution in [0.1, 0.15) is 12.5 Å². The van der Waals surface area contributed by atoms with Crippen LogP contribution >= 0.6 is 0 Å². The molecule has 6 nitrogen and oxygen atoms in total. The normalized spacial score (nSPS) is 16.7. The van der Waals surface area contributed by atoms with Gasteiger partial charge in [0, 0.05) is 26.2 Å². The second kappa shape index (κ2) is 8.11. The van der Waals surface area contributed by atoms with E-state index in [1.54, 1.807) is 30.3 Å². The highest BCUT2D eigenvalue weighted by molar-refractivity contribution is 7.89. The summed E-state index contributed by atoms with van der Waals surface area (Å²) in [5.41, 5.74) is 1.07. The molecule has 1 aliphatic heterocycles. The molecule has 30 heavy (non-hydrogen) atoms. The van der Waals surface area contributed by atoms with Gasteiger partial charge in [-0.3, -0.25) is 0 Å². The lowest BCUT2D eigenvalue weighted by atomic mass is 10.1. The largest absolute Gasteiger partial charge is 0.243 e. The molecule has 0 radical (unpaired) electrons. The summed E-state index contributed by atoms with van der Waals surface area (Å²) in [4.78, 5) is 0.471. The van der Waals surface area contributed by atoms with Gasteiger partial charge in [-0.15, -0.1) is 0 Å². The van der Waals surface area contributed by atoms with E-state index in [0.29, 0.717) is 0 Å². The first-order valence-electron chi connectivity index (χ1n) is 9.90. The maximum Gasteiger partial charge on any atom is 0.243 e. The molecule has 1 aliphatic rings. The number of sulfonamides is 2. The summed E-state index contributed by atoms with van der Waals surface area (Å²) in [6.45, 7) is 2.52. The average molecular weight is 445 g/mol. The fourth-order valence-electron chi connectivity index (χ4n) is 3.67. The predicted octanol–water partition coefficient (Wildman–Crippen LogP) is 3.10. The van der Waals surface area contributed by atoms with Crippen LogP contribution in [-0.4, -0.2) is 51.6 Å². The summed E-state index contributed by atoms with van der Waals surface area (Å²) in [6, 6.07) is 19.5. The molecule has 0 spiro atoms. The molecule has 0 amide bonds. The minimum Gasteiger partial charge on any atom is -0.207 e. The van der Waals surface area contributed by atoms with Crippen molar-refractivity contribution in [2.45, 2.75) is 23.1 Å². The molecule has 1 saturated heterocycles.